The molecule has 0 aliphatic rings. The number of anilines is 2. The lowest BCUT2D eigenvalue weighted by molar-refractivity contribution is 1.34. The fourth-order valence-corrected chi connectivity index (χ4v) is 5.45. The quantitative estimate of drug-likeness (QED) is 0.255. The van der Waals surface area contributed by atoms with Crippen molar-refractivity contribution in [3.8, 4) is 44.8 Å². The lowest BCUT2D eigenvalue weighted by Gasteiger charge is -2.03. The molecular formula is C30H21N3S2. The summed E-state index contributed by atoms with van der Waals surface area (Å²) in [5.74, 6) is 0. The van der Waals surface area contributed by atoms with Gasteiger partial charge in [-0.25, -0.2) is 9.97 Å². The zero-order chi connectivity index (χ0) is 23.5. The van der Waals surface area contributed by atoms with Crippen LogP contribution < -0.4 is 5.32 Å². The Bertz CT molecular complexity index is 1420. The molecule has 6 rings (SSSR count). The van der Waals surface area contributed by atoms with Crippen molar-refractivity contribution in [1.29, 1.82) is 0 Å². The van der Waals surface area contributed by atoms with Gasteiger partial charge >= 0.3 is 0 Å². The summed E-state index contributed by atoms with van der Waals surface area (Å²) in [5, 5.41) is 9.21. The van der Waals surface area contributed by atoms with E-state index >= 15 is 0 Å². The van der Waals surface area contributed by atoms with Gasteiger partial charge in [-0.05, 0) is 22.3 Å². The number of hydrogen-bond donors (Lipinski definition) is 1. The van der Waals surface area contributed by atoms with Gasteiger partial charge in [0, 0.05) is 21.9 Å². The molecule has 0 spiro atoms. The van der Waals surface area contributed by atoms with E-state index in [1.54, 1.807) is 22.7 Å². The van der Waals surface area contributed by atoms with Gasteiger partial charge in [-0.1, -0.05) is 109 Å². The van der Waals surface area contributed by atoms with Crippen molar-refractivity contribution < 1.29 is 0 Å². The first-order valence-corrected chi connectivity index (χ1v) is 13.1. The Balaban J connectivity index is 1.15. The molecule has 3 nitrogen and oxygen atoms in total. The number of nitrogens with zero attached hydrogens (tertiary/aromatic N) is 2. The highest BCUT2D eigenvalue weighted by Gasteiger charge is 2.09. The Kier molecular flexibility index (Phi) is 5.93. The maximum atomic E-state index is 4.78. The molecule has 0 aliphatic heterocycles. The largest absolute Gasteiger partial charge is 0.307 e. The molecule has 0 bridgehead atoms. The highest BCUT2D eigenvalue weighted by molar-refractivity contribution is 7.16. The van der Waals surface area contributed by atoms with Gasteiger partial charge in [0.05, 0.1) is 11.4 Å². The van der Waals surface area contributed by atoms with E-state index in [4.69, 9.17) is 9.97 Å². The summed E-state index contributed by atoms with van der Waals surface area (Å²) in [4.78, 5) is 9.56. The summed E-state index contributed by atoms with van der Waals surface area (Å²) in [6.45, 7) is 0. The van der Waals surface area contributed by atoms with Gasteiger partial charge in [-0.15, -0.1) is 22.7 Å². The minimum atomic E-state index is 0.840. The maximum Gasteiger partial charge on any atom is 0.189 e. The molecule has 4 aromatic carbocycles. The molecule has 0 atom stereocenters. The van der Waals surface area contributed by atoms with Gasteiger partial charge in [-0.3, -0.25) is 0 Å². The standard InChI is InChI=1S/C30H21N3S2/c1-3-7-21(8-4-1)23-11-15-25(16-12-23)27-19-34-29(31-27)33-30-32-28(20-35-30)26-17-13-24(14-18-26)22-9-5-2-6-10-22/h1-20H,(H,31,32,33). The van der Waals surface area contributed by atoms with Gasteiger partial charge in [0.1, 0.15) is 0 Å². The number of nitrogens with one attached hydrogen (secondary N) is 1. The van der Waals surface area contributed by atoms with E-state index in [-0.39, 0.29) is 0 Å². The van der Waals surface area contributed by atoms with Gasteiger partial charge in [-0.2, -0.15) is 0 Å². The van der Waals surface area contributed by atoms with E-state index in [9.17, 15) is 0 Å². The van der Waals surface area contributed by atoms with E-state index < -0.39 is 0 Å². The number of thiazole rings is 2. The average Bonchev–Trinajstić information content (AvgIpc) is 3.60. The summed E-state index contributed by atoms with van der Waals surface area (Å²) < 4.78 is 0. The molecule has 6 aromatic rings. The number of benzene rings is 4. The molecule has 2 heterocycles. The second-order valence-corrected chi connectivity index (χ2v) is 9.80. The van der Waals surface area contributed by atoms with E-state index in [1.165, 1.54) is 22.3 Å². The second-order valence-electron chi connectivity index (χ2n) is 8.09. The predicted molar refractivity (Wildman–Crippen MR) is 149 cm³/mol. The van der Waals surface area contributed by atoms with Crippen LogP contribution in [0.4, 0.5) is 10.3 Å². The molecule has 35 heavy (non-hydrogen) atoms. The molecule has 0 unspecified atom stereocenters. The van der Waals surface area contributed by atoms with Crippen LogP contribution in [0.15, 0.2) is 120 Å². The summed E-state index contributed by atoms with van der Waals surface area (Å²) in [7, 11) is 0. The Hall–Kier alpha value is -4.06. The fraction of sp³-hybridized carbons (Fsp3) is 0. The van der Waals surface area contributed by atoms with Crippen molar-refractivity contribution in [3.63, 3.8) is 0 Å². The van der Waals surface area contributed by atoms with E-state index in [0.717, 1.165) is 32.8 Å². The number of aromatic nitrogens is 2. The summed E-state index contributed by atoms with van der Waals surface area (Å²) >= 11 is 3.18. The summed E-state index contributed by atoms with van der Waals surface area (Å²) in [6, 6.07) is 37.9. The lowest BCUT2D eigenvalue weighted by Crippen LogP contribution is -1.89. The van der Waals surface area contributed by atoms with E-state index in [2.05, 4.69) is 113 Å². The molecule has 0 saturated heterocycles. The van der Waals surface area contributed by atoms with Crippen molar-refractivity contribution in [2.45, 2.75) is 0 Å². The molecule has 2 aromatic heterocycles. The molecule has 0 amide bonds. The second kappa shape index (κ2) is 9.66. The predicted octanol–water partition coefficient (Wildman–Crippen LogP) is 9.01. The van der Waals surface area contributed by atoms with Crippen LogP contribution in [0.5, 0.6) is 0 Å². The zero-order valence-electron chi connectivity index (χ0n) is 18.8. The Labute approximate surface area is 212 Å². The smallest absolute Gasteiger partial charge is 0.189 e. The number of hydrogen-bond acceptors (Lipinski definition) is 5. The van der Waals surface area contributed by atoms with Crippen LogP contribution in [0.2, 0.25) is 0 Å². The van der Waals surface area contributed by atoms with Crippen molar-refractivity contribution >= 4 is 32.9 Å². The maximum absolute atomic E-state index is 4.78. The van der Waals surface area contributed by atoms with Crippen molar-refractivity contribution in [2.75, 3.05) is 5.32 Å². The van der Waals surface area contributed by atoms with Crippen molar-refractivity contribution in [1.82, 2.24) is 9.97 Å². The Morgan fingerprint density at radius 2 is 0.743 bits per heavy atom. The highest BCUT2D eigenvalue weighted by atomic mass is 32.1. The Morgan fingerprint density at radius 1 is 0.400 bits per heavy atom. The van der Waals surface area contributed by atoms with Crippen LogP contribution in [-0.2, 0) is 0 Å². The third-order valence-corrected chi connectivity index (χ3v) is 7.31. The SMILES string of the molecule is c1ccc(-c2ccc(-c3csc(Nc4nc(-c5ccc(-c6ccccc6)cc5)cs4)n3)cc2)cc1. The van der Waals surface area contributed by atoms with Crippen LogP contribution in [0.3, 0.4) is 0 Å². The van der Waals surface area contributed by atoms with Crippen LogP contribution in [0.25, 0.3) is 44.8 Å². The lowest BCUT2D eigenvalue weighted by atomic mass is 10.0. The molecule has 0 aliphatic carbocycles. The molecule has 0 radical (unpaired) electrons. The van der Waals surface area contributed by atoms with E-state index in [0.29, 0.717) is 0 Å². The van der Waals surface area contributed by atoms with Crippen LogP contribution in [0.1, 0.15) is 0 Å². The molecule has 0 saturated carbocycles. The highest BCUT2D eigenvalue weighted by Crippen LogP contribution is 2.32. The third-order valence-electron chi connectivity index (χ3n) is 5.80. The van der Waals surface area contributed by atoms with Crippen LogP contribution >= 0.6 is 22.7 Å². The zero-order valence-corrected chi connectivity index (χ0v) is 20.4. The average molecular weight is 488 g/mol. The summed E-state index contributed by atoms with van der Waals surface area (Å²) in [6.07, 6.45) is 0. The fourth-order valence-electron chi connectivity index (χ4n) is 3.95. The Morgan fingerprint density at radius 3 is 1.14 bits per heavy atom. The third kappa shape index (κ3) is 4.78. The molecule has 5 heteroatoms. The molecule has 1 N–H and O–H groups in total. The topological polar surface area (TPSA) is 37.8 Å². The molecular weight excluding hydrogens is 466 g/mol. The van der Waals surface area contributed by atoms with Crippen LogP contribution in [0, 0.1) is 0 Å². The molecule has 168 valence electrons. The summed E-state index contributed by atoms with van der Waals surface area (Å²) in [5.41, 5.74) is 8.98. The number of rotatable bonds is 6. The van der Waals surface area contributed by atoms with Crippen LogP contribution in [-0.4, -0.2) is 9.97 Å². The van der Waals surface area contributed by atoms with Gasteiger partial charge < -0.3 is 5.32 Å². The first kappa shape index (κ1) is 21.5. The van der Waals surface area contributed by atoms with Gasteiger partial charge in [0.15, 0.2) is 10.3 Å². The first-order valence-electron chi connectivity index (χ1n) is 11.3. The van der Waals surface area contributed by atoms with Crippen molar-refractivity contribution in [3.05, 3.63) is 120 Å². The normalized spacial score (nSPS) is 10.9. The van der Waals surface area contributed by atoms with E-state index in [1.807, 2.05) is 12.1 Å². The van der Waals surface area contributed by atoms with Crippen molar-refractivity contribution in [2.24, 2.45) is 0 Å². The monoisotopic (exact) mass is 487 g/mol. The molecule has 0 fully saturated rings. The first-order chi connectivity index (χ1) is 17.3. The minimum absolute atomic E-state index is 0.840. The van der Waals surface area contributed by atoms with Gasteiger partial charge in [0.25, 0.3) is 0 Å². The minimum Gasteiger partial charge on any atom is -0.307 e. The van der Waals surface area contributed by atoms with Gasteiger partial charge in [0.2, 0.25) is 0 Å².